The van der Waals surface area contributed by atoms with Crippen LogP contribution in [-0.2, 0) is 0 Å². The maximum atomic E-state index is 13.5. The molecule has 0 amide bonds. The minimum absolute atomic E-state index is 0.243. The summed E-state index contributed by atoms with van der Waals surface area (Å²) in [5, 5.41) is 12.9. The van der Waals surface area contributed by atoms with Crippen LogP contribution in [0.1, 0.15) is 39.3 Å². The lowest BCUT2D eigenvalue weighted by atomic mass is 9.89. The first-order chi connectivity index (χ1) is 8.21. The van der Waals surface area contributed by atoms with Crippen molar-refractivity contribution in [1.82, 2.24) is 5.32 Å². The van der Waals surface area contributed by atoms with Crippen LogP contribution in [0.15, 0.2) is 18.2 Å². The molecule has 2 atom stereocenters. The van der Waals surface area contributed by atoms with Crippen molar-refractivity contribution in [2.45, 2.75) is 39.8 Å². The molecule has 0 bridgehead atoms. The predicted octanol–water partition coefficient (Wildman–Crippen LogP) is 3.02. The van der Waals surface area contributed by atoms with Gasteiger partial charge >= 0.3 is 0 Å². The van der Waals surface area contributed by atoms with E-state index in [1.807, 2.05) is 20.8 Å². The van der Waals surface area contributed by atoms with Gasteiger partial charge in [0.15, 0.2) is 0 Å². The third-order valence-corrected chi connectivity index (χ3v) is 3.04. The number of hydrogen-bond donors (Lipinski definition) is 2. The predicted molar refractivity (Wildman–Crippen MR) is 68.2 cm³/mol. The highest BCUT2D eigenvalue weighted by Gasteiger charge is 2.22. The van der Waals surface area contributed by atoms with Crippen LogP contribution in [0.4, 0.5) is 8.78 Å². The van der Waals surface area contributed by atoms with E-state index in [9.17, 15) is 13.9 Å². The van der Waals surface area contributed by atoms with Crippen LogP contribution in [-0.4, -0.2) is 17.8 Å². The highest BCUT2D eigenvalue weighted by molar-refractivity contribution is 5.21. The molecule has 2 unspecified atom stereocenters. The van der Waals surface area contributed by atoms with Crippen molar-refractivity contribution in [2.75, 3.05) is 6.54 Å². The van der Waals surface area contributed by atoms with Gasteiger partial charge < -0.3 is 10.4 Å². The molecule has 1 aromatic rings. The van der Waals surface area contributed by atoms with Gasteiger partial charge in [-0.25, -0.2) is 8.78 Å². The van der Waals surface area contributed by atoms with Crippen molar-refractivity contribution in [1.29, 1.82) is 0 Å². The second kappa shape index (κ2) is 5.76. The lowest BCUT2D eigenvalue weighted by molar-refractivity contribution is 0.0608. The number of halogens is 2. The van der Waals surface area contributed by atoms with E-state index >= 15 is 0 Å². The summed E-state index contributed by atoms with van der Waals surface area (Å²) in [5.74, 6) is -0.905. The zero-order valence-electron chi connectivity index (χ0n) is 11.3. The molecule has 102 valence electrons. The maximum Gasteiger partial charge on any atom is 0.128 e. The minimum atomic E-state index is -0.545. The lowest BCUT2D eigenvalue weighted by Gasteiger charge is -2.27. The van der Waals surface area contributed by atoms with Crippen LogP contribution < -0.4 is 5.32 Å². The van der Waals surface area contributed by atoms with E-state index in [0.29, 0.717) is 6.54 Å². The van der Waals surface area contributed by atoms with Gasteiger partial charge in [-0.2, -0.15) is 0 Å². The van der Waals surface area contributed by atoms with Crippen LogP contribution in [0.25, 0.3) is 0 Å². The van der Waals surface area contributed by atoms with Crippen LogP contribution in [0, 0.1) is 17.0 Å². The first kappa shape index (κ1) is 15.1. The van der Waals surface area contributed by atoms with E-state index in [-0.39, 0.29) is 17.0 Å². The highest BCUT2D eigenvalue weighted by atomic mass is 19.1. The van der Waals surface area contributed by atoms with Crippen molar-refractivity contribution < 1.29 is 13.9 Å². The van der Waals surface area contributed by atoms with Gasteiger partial charge in [-0.15, -0.1) is 0 Å². The molecule has 0 aliphatic rings. The van der Waals surface area contributed by atoms with Gasteiger partial charge in [0.2, 0.25) is 0 Å². The fourth-order valence-electron chi connectivity index (χ4n) is 1.55. The first-order valence-electron chi connectivity index (χ1n) is 6.08. The molecular formula is C14H21F2NO. The van der Waals surface area contributed by atoms with Crippen molar-refractivity contribution in [3.05, 3.63) is 35.4 Å². The number of nitrogens with one attached hydrogen (secondary N) is 1. The van der Waals surface area contributed by atoms with Crippen molar-refractivity contribution in [3.63, 3.8) is 0 Å². The van der Waals surface area contributed by atoms with E-state index in [0.717, 1.165) is 12.1 Å². The molecule has 0 aliphatic carbocycles. The normalized spacial score (nSPS) is 15.5. The summed E-state index contributed by atoms with van der Waals surface area (Å²) in [6.45, 7) is 7.85. The fourth-order valence-corrected chi connectivity index (χ4v) is 1.55. The Morgan fingerprint density at radius 1 is 1.28 bits per heavy atom. The molecule has 0 saturated heterocycles. The van der Waals surface area contributed by atoms with Crippen molar-refractivity contribution >= 4 is 0 Å². The van der Waals surface area contributed by atoms with Crippen LogP contribution >= 0.6 is 0 Å². The third kappa shape index (κ3) is 4.03. The summed E-state index contributed by atoms with van der Waals surface area (Å²) in [6, 6.07) is 3.03. The molecule has 1 rings (SSSR count). The molecule has 2 N–H and O–H groups in total. The Hall–Kier alpha value is -1.00. The lowest BCUT2D eigenvalue weighted by Crippen LogP contribution is -2.37. The first-order valence-corrected chi connectivity index (χ1v) is 6.08. The Kier molecular flexibility index (Phi) is 4.82. The SMILES string of the molecule is CC(NCC(O)C(C)(C)C)c1cc(F)ccc1F. The van der Waals surface area contributed by atoms with Gasteiger partial charge in [0.05, 0.1) is 6.10 Å². The Labute approximate surface area is 107 Å². The van der Waals surface area contributed by atoms with Gasteiger partial charge in [-0.1, -0.05) is 20.8 Å². The van der Waals surface area contributed by atoms with Gasteiger partial charge in [-0.3, -0.25) is 0 Å². The second-order valence-electron chi connectivity index (χ2n) is 5.68. The maximum absolute atomic E-state index is 13.5. The molecule has 18 heavy (non-hydrogen) atoms. The Balaban J connectivity index is 2.66. The molecular weight excluding hydrogens is 236 g/mol. The minimum Gasteiger partial charge on any atom is -0.391 e. The van der Waals surface area contributed by atoms with Crippen molar-refractivity contribution in [3.8, 4) is 0 Å². The number of aliphatic hydroxyl groups excluding tert-OH is 1. The third-order valence-electron chi connectivity index (χ3n) is 3.04. The van der Waals surface area contributed by atoms with Gasteiger partial charge in [-0.05, 0) is 30.5 Å². The standard InChI is InChI=1S/C14H21F2NO/c1-9(17-8-13(18)14(2,3)4)11-7-10(15)5-6-12(11)16/h5-7,9,13,17-18H,8H2,1-4H3. The number of rotatable bonds is 4. The second-order valence-corrected chi connectivity index (χ2v) is 5.68. The molecule has 0 radical (unpaired) electrons. The quantitative estimate of drug-likeness (QED) is 0.869. The van der Waals surface area contributed by atoms with Gasteiger partial charge in [0.1, 0.15) is 11.6 Å². The van der Waals surface area contributed by atoms with Crippen LogP contribution in [0.5, 0.6) is 0 Å². The summed E-state index contributed by atoms with van der Waals surface area (Å²) in [7, 11) is 0. The number of benzene rings is 1. The summed E-state index contributed by atoms with van der Waals surface area (Å²) in [6.07, 6.45) is -0.545. The van der Waals surface area contributed by atoms with E-state index in [1.54, 1.807) is 6.92 Å². The van der Waals surface area contributed by atoms with Crippen LogP contribution in [0.2, 0.25) is 0 Å². The molecule has 0 saturated carbocycles. The molecule has 2 nitrogen and oxygen atoms in total. The van der Waals surface area contributed by atoms with Crippen molar-refractivity contribution in [2.24, 2.45) is 5.41 Å². The molecule has 1 aromatic carbocycles. The average Bonchev–Trinajstić information content (AvgIpc) is 2.27. The zero-order valence-corrected chi connectivity index (χ0v) is 11.3. The largest absolute Gasteiger partial charge is 0.391 e. The summed E-state index contributed by atoms with van der Waals surface area (Å²) in [4.78, 5) is 0. The molecule has 0 spiro atoms. The van der Waals surface area contributed by atoms with Crippen LogP contribution in [0.3, 0.4) is 0 Å². The average molecular weight is 257 g/mol. The fraction of sp³-hybridized carbons (Fsp3) is 0.571. The van der Waals surface area contributed by atoms with E-state index < -0.39 is 17.7 Å². The van der Waals surface area contributed by atoms with E-state index in [4.69, 9.17) is 0 Å². The van der Waals surface area contributed by atoms with E-state index in [2.05, 4.69) is 5.32 Å². The van der Waals surface area contributed by atoms with E-state index in [1.165, 1.54) is 6.07 Å². The zero-order chi connectivity index (χ0) is 13.9. The number of aliphatic hydroxyl groups is 1. The van der Waals surface area contributed by atoms with Gasteiger partial charge in [0.25, 0.3) is 0 Å². The number of hydrogen-bond acceptors (Lipinski definition) is 2. The molecule has 0 aliphatic heterocycles. The Morgan fingerprint density at radius 3 is 2.44 bits per heavy atom. The highest BCUT2D eigenvalue weighted by Crippen LogP contribution is 2.21. The molecule has 0 heterocycles. The smallest absolute Gasteiger partial charge is 0.128 e. The summed E-state index contributed by atoms with van der Waals surface area (Å²) >= 11 is 0. The molecule has 4 heteroatoms. The monoisotopic (exact) mass is 257 g/mol. The summed E-state index contributed by atoms with van der Waals surface area (Å²) < 4.78 is 26.6. The molecule has 0 fully saturated rings. The molecule has 0 aromatic heterocycles. The summed E-state index contributed by atoms with van der Waals surface area (Å²) in [5.41, 5.74) is 0.0313. The Morgan fingerprint density at radius 2 is 1.89 bits per heavy atom. The van der Waals surface area contributed by atoms with Gasteiger partial charge in [0, 0.05) is 18.2 Å². The topological polar surface area (TPSA) is 32.3 Å². The Bertz CT molecular complexity index is 401.